The molecule has 4 rings (SSSR count). The Labute approximate surface area is 175 Å². The van der Waals surface area contributed by atoms with Gasteiger partial charge in [-0.3, -0.25) is 4.98 Å². The van der Waals surface area contributed by atoms with Crippen molar-refractivity contribution in [1.82, 2.24) is 19.6 Å². The third-order valence-corrected chi connectivity index (χ3v) is 6.63. The van der Waals surface area contributed by atoms with Crippen molar-refractivity contribution in [3.05, 3.63) is 53.0 Å². The van der Waals surface area contributed by atoms with Crippen LogP contribution in [-0.4, -0.2) is 19.6 Å². The van der Waals surface area contributed by atoms with Crippen LogP contribution in [0.5, 0.6) is 0 Å². The molecule has 0 aliphatic carbocycles. The van der Waals surface area contributed by atoms with Gasteiger partial charge in [0, 0.05) is 11.3 Å². The van der Waals surface area contributed by atoms with Crippen LogP contribution in [0.4, 0.5) is 5.69 Å². The smallest absolute Gasteiger partial charge is 0.158 e. The normalized spacial score (nSPS) is 11.7. The molecule has 4 aromatic rings. The molecule has 0 saturated carbocycles. The fraction of sp³-hybridized carbons (Fsp3) is 0.348. The Balaban J connectivity index is 1.92. The van der Waals surface area contributed by atoms with E-state index in [-0.39, 0.29) is 0 Å². The highest BCUT2D eigenvalue weighted by molar-refractivity contribution is 7.19. The average molecular weight is 406 g/mol. The van der Waals surface area contributed by atoms with Gasteiger partial charge in [-0.25, -0.2) is 9.50 Å². The highest BCUT2D eigenvalue weighted by Crippen LogP contribution is 2.41. The molecule has 0 bridgehead atoms. The van der Waals surface area contributed by atoms with Gasteiger partial charge >= 0.3 is 0 Å². The van der Waals surface area contributed by atoms with E-state index in [0.717, 1.165) is 62.4 Å². The molecule has 0 amide bonds. The molecule has 0 fully saturated rings. The molecule has 0 unspecified atom stereocenters. The number of aryl methyl sites for hydroxylation is 3. The third-order valence-electron chi connectivity index (χ3n) is 5.45. The topological polar surface area (TPSA) is 69.1 Å². The predicted molar refractivity (Wildman–Crippen MR) is 121 cm³/mol. The lowest BCUT2D eigenvalue weighted by atomic mass is 9.95. The number of anilines is 1. The maximum absolute atomic E-state index is 6.47. The maximum atomic E-state index is 6.47. The zero-order chi connectivity index (χ0) is 20.7. The van der Waals surface area contributed by atoms with E-state index in [0.29, 0.717) is 5.92 Å². The largest absolute Gasteiger partial charge is 0.397 e. The van der Waals surface area contributed by atoms with Crippen molar-refractivity contribution in [3.63, 3.8) is 0 Å². The fourth-order valence-electron chi connectivity index (χ4n) is 3.96. The minimum Gasteiger partial charge on any atom is -0.397 e. The van der Waals surface area contributed by atoms with Crippen LogP contribution in [0.15, 0.2) is 30.3 Å². The van der Waals surface area contributed by atoms with Gasteiger partial charge in [-0.1, -0.05) is 19.9 Å². The standard InChI is InChI=1S/C23H27N5S/c1-6-16(7-2)17-11-14(4)27-28-21(15(5)26-23(17)28)22-18(24)12-20(29-22)19-10-8-9-13(3)25-19/h8-12,16H,6-7,24H2,1-5H3. The molecule has 5 nitrogen and oxygen atoms in total. The van der Waals surface area contributed by atoms with Crippen LogP contribution in [0.25, 0.3) is 26.8 Å². The van der Waals surface area contributed by atoms with E-state index >= 15 is 0 Å². The molecule has 0 spiro atoms. The Morgan fingerprint density at radius 3 is 2.48 bits per heavy atom. The average Bonchev–Trinajstić information content (AvgIpc) is 3.21. The number of fused-ring (bicyclic) bond motifs is 1. The molecule has 4 aromatic heterocycles. The number of hydrogen-bond donors (Lipinski definition) is 1. The number of nitrogens with two attached hydrogens (primary N) is 1. The van der Waals surface area contributed by atoms with E-state index in [1.54, 1.807) is 11.3 Å². The summed E-state index contributed by atoms with van der Waals surface area (Å²) in [5, 5.41) is 4.81. The summed E-state index contributed by atoms with van der Waals surface area (Å²) in [6.45, 7) is 10.6. The van der Waals surface area contributed by atoms with Gasteiger partial charge in [-0.15, -0.1) is 11.3 Å². The molecular weight excluding hydrogens is 378 g/mol. The van der Waals surface area contributed by atoms with Crippen LogP contribution in [0, 0.1) is 20.8 Å². The quantitative estimate of drug-likeness (QED) is 0.447. The Bertz CT molecular complexity index is 1180. The lowest BCUT2D eigenvalue weighted by molar-refractivity contribution is 0.638. The van der Waals surface area contributed by atoms with Crippen LogP contribution in [0.1, 0.15) is 55.3 Å². The SMILES string of the molecule is CCC(CC)c1cc(C)nn2c(-c3sc(-c4cccc(C)n4)cc3N)c(C)nc12. The lowest BCUT2D eigenvalue weighted by Gasteiger charge is -2.14. The second-order valence-corrected chi connectivity index (χ2v) is 8.65. The lowest BCUT2D eigenvalue weighted by Crippen LogP contribution is -2.05. The molecule has 0 atom stereocenters. The van der Waals surface area contributed by atoms with Crippen LogP contribution >= 0.6 is 11.3 Å². The molecule has 0 aliphatic rings. The van der Waals surface area contributed by atoms with Gasteiger partial charge in [0.2, 0.25) is 0 Å². The van der Waals surface area contributed by atoms with E-state index in [2.05, 4.69) is 24.9 Å². The molecule has 0 saturated heterocycles. The first kappa shape index (κ1) is 19.6. The monoisotopic (exact) mass is 405 g/mol. The summed E-state index contributed by atoms with van der Waals surface area (Å²) >= 11 is 1.65. The molecule has 2 N–H and O–H groups in total. The van der Waals surface area contributed by atoms with Gasteiger partial charge in [-0.05, 0) is 63.8 Å². The molecule has 29 heavy (non-hydrogen) atoms. The molecule has 150 valence electrons. The summed E-state index contributed by atoms with van der Waals surface area (Å²) in [5.74, 6) is 0.474. The van der Waals surface area contributed by atoms with Crippen molar-refractivity contribution >= 4 is 22.7 Å². The molecule has 0 radical (unpaired) electrons. The summed E-state index contributed by atoms with van der Waals surface area (Å²) in [4.78, 5) is 11.6. The number of thiophene rings is 1. The van der Waals surface area contributed by atoms with Crippen molar-refractivity contribution in [3.8, 4) is 21.1 Å². The van der Waals surface area contributed by atoms with E-state index in [9.17, 15) is 0 Å². The summed E-state index contributed by atoms with van der Waals surface area (Å²) in [7, 11) is 0. The van der Waals surface area contributed by atoms with Gasteiger partial charge in [0.1, 0.15) is 5.69 Å². The summed E-state index contributed by atoms with van der Waals surface area (Å²) < 4.78 is 1.99. The summed E-state index contributed by atoms with van der Waals surface area (Å²) in [6, 6.07) is 10.2. The van der Waals surface area contributed by atoms with Crippen LogP contribution in [0.2, 0.25) is 0 Å². The number of nitrogen functional groups attached to an aromatic ring is 1. The first-order chi connectivity index (χ1) is 13.9. The zero-order valence-corrected chi connectivity index (χ0v) is 18.5. The number of imidazole rings is 1. The Morgan fingerprint density at radius 2 is 1.79 bits per heavy atom. The third kappa shape index (κ3) is 3.42. The number of rotatable bonds is 5. The molecular formula is C23H27N5S. The van der Waals surface area contributed by atoms with E-state index < -0.39 is 0 Å². The van der Waals surface area contributed by atoms with Crippen molar-refractivity contribution < 1.29 is 0 Å². The second kappa shape index (κ2) is 7.59. The minimum atomic E-state index is 0.474. The zero-order valence-electron chi connectivity index (χ0n) is 17.7. The second-order valence-electron chi connectivity index (χ2n) is 7.60. The first-order valence-corrected chi connectivity index (χ1v) is 10.9. The van der Waals surface area contributed by atoms with Crippen LogP contribution in [-0.2, 0) is 0 Å². The van der Waals surface area contributed by atoms with Gasteiger partial charge < -0.3 is 5.73 Å². The summed E-state index contributed by atoms with van der Waals surface area (Å²) in [5.41, 5.74) is 14.3. The number of nitrogens with zero attached hydrogens (tertiary/aromatic N) is 4. The van der Waals surface area contributed by atoms with Gasteiger partial charge in [0.25, 0.3) is 0 Å². The highest BCUT2D eigenvalue weighted by atomic mass is 32.1. The predicted octanol–water partition coefficient (Wildman–Crippen LogP) is 5.93. The Morgan fingerprint density at radius 1 is 1.03 bits per heavy atom. The van der Waals surface area contributed by atoms with Crippen molar-refractivity contribution in [1.29, 1.82) is 0 Å². The van der Waals surface area contributed by atoms with Crippen LogP contribution < -0.4 is 5.73 Å². The maximum Gasteiger partial charge on any atom is 0.158 e. The van der Waals surface area contributed by atoms with Crippen LogP contribution in [0.3, 0.4) is 0 Å². The van der Waals surface area contributed by atoms with Crippen molar-refractivity contribution in [2.45, 2.75) is 53.4 Å². The highest BCUT2D eigenvalue weighted by Gasteiger charge is 2.22. The van der Waals surface area contributed by atoms with Crippen molar-refractivity contribution in [2.24, 2.45) is 0 Å². The van der Waals surface area contributed by atoms with Gasteiger partial charge in [0.05, 0.1) is 32.5 Å². The number of hydrogen-bond acceptors (Lipinski definition) is 5. The number of aromatic nitrogens is 4. The molecule has 6 heteroatoms. The Kier molecular flexibility index (Phi) is 5.13. The van der Waals surface area contributed by atoms with Gasteiger partial charge in [0.15, 0.2) is 5.65 Å². The number of pyridine rings is 1. The molecule has 4 heterocycles. The van der Waals surface area contributed by atoms with Gasteiger partial charge in [-0.2, -0.15) is 5.10 Å². The minimum absolute atomic E-state index is 0.474. The van der Waals surface area contributed by atoms with Crippen molar-refractivity contribution in [2.75, 3.05) is 5.73 Å². The summed E-state index contributed by atoms with van der Waals surface area (Å²) in [6.07, 6.45) is 2.17. The first-order valence-electron chi connectivity index (χ1n) is 10.1. The van der Waals surface area contributed by atoms with E-state index in [1.165, 1.54) is 5.56 Å². The van der Waals surface area contributed by atoms with E-state index in [4.69, 9.17) is 15.8 Å². The Hall–Kier alpha value is -2.73. The molecule has 0 aliphatic heterocycles. The molecule has 0 aromatic carbocycles. The fourth-order valence-corrected chi connectivity index (χ4v) is 5.10. The van der Waals surface area contributed by atoms with E-state index in [1.807, 2.05) is 49.6 Å².